The normalized spacial score (nSPS) is 43.9. The van der Waals surface area contributed by atoms with Gasteiger partial charge >= 0.3 is 5.97 Å². The summed E-state index contributed by atoms with van der Waals surface area (Å²) in [6, 6.07) is 0.237. The van der Waals surface area contributed by atoms with E-state index in [1.165, 1.54) is 0 Å². The van der Waals surface area contributed by atoms with Gasteiger partial charge in [0.25, 0.3) is 0 Å². The van der Waals surface area contributed by atoms with Crippen LogP contribution in [0.25, 0.3) is 0 Å². The van der Waals surface area contributed by atoms with Crippen LogP contribution in [-0.4, -0.2) is 17.6 Å². The molecule has 18 heavy (non-hydrogen) atoms. The first-order valence-corrected chi connectivity index (χ1v) is 7.04. The van der Waals surface area contributed by atoms with Gasteiger partial charge in [-0.05, 0) is 57.3 Å². The largest absolute Gasteiger partial charge is 0.460 e. The Kier molecular flexibility index (Phi) is 3.05. The van der Waals surface area contributed by atoms with Gasteiger partial charge in [-0.25, -0.2) is 0 Å². The molecule has 2 unspecified atom stereocenters. The molecule has 0 heterocycles. The van der Waals surface area contributed by atoms with Gasteiger partial charge in [0.15, 0.2) is 0 Å². The number of carbonyl (C=O) groups excluding carboxylic acids is 1. The van der Waals surface area contributed by atoms with Crippen molar-refractivity contribution in [1.29, 1.82) is 0 Å². The monoisotopic (exact) mass is 253 g/mol. The van der Waals surface area contributed by atoms with E-state index >= 15 is 0 Å². The predicted molar refractivity (Wildman–Crippen MR) is 72.0 cm³/mol. The van der Waals surface area contributed by atoms with Gasteiger partial charge in [-0.1, -0.05) is 13.8 Å². The summed E-state index contributed by atoms with van der Waals surface area (Å²) >= 11 is 0. The van der Waals surface area contributed by atoms with E-state index in [9.17, 15) is 4.79 Å². The molecule has 104 valence electrons. The predicted octanol–water partition coefficient (Wildman–Crippen LogP) is 2.87. The molecule has 0 amide bonds. The SMILES string of the molecule is CC(C)(C)OC(=O)C1[C@@]2(C)CC[C@]1(C)CC(N)C2. The summed E-state index contributed by atoms with van der Waals surface area (Å²) < 4.78 is 5.64. The molecule has 0 saturated heterocycles. The summed E-state index contributed by atoms with van der Waals surface area (Å²) in [5.74, 6) is 0.000856. The van der Waals surface area contributed by atoms with E-state index in [4.69, 9.17) is 10.5 Å². The number of rotatable bonds is 1. The van der Waals surface area contributed by atoms with E-state index in [2.05, 4.69) is 13.8 Å². The lowest BCUT2D eigenvalue weighted by Crippen LogP contribution is -2.50. The third-order valence-corrected chi connectivity index (χ3v) is 4.76. The van der Waals surface area contributed by atoms with Gasteiger partial charge in [0.1, 0.15) is 5.60 Å². The van der Waals surface area contributed by atoms with E-state index < -0.39 is 5.60 Å². The second kappa shape index (κ2) is 3.96. The van der Waals surface area contributed by atoms with Crippen molar-refractivity contribution in [2.24, 2.45) is 22.5 Å². The van der Waals surface area contributed by atoms with Crippen LogP contribution in [0.1, 0.15) is 60.3 Å². The number of fused-ring (bicyclic) bond motifs is 2. The van der Waals surface area contributed by atoms with Crippen LogP contribution in [0.4, 0.5) is 0 Å². The van der Waals surface area contributed by atoms with Crippen molar-refractivity contribution in [3.63, 3.8) is 0 Å². The maximum atomic E-state index is 12.5. The summed E-state index contributed by atoms with van der Waals surface area (Å²) in [6.07, 6.45) is 4.10. The van der Waals surface area contributed by atoms with Crippen molar-refractivity contribution in [2.45, 2.75) is 71.9 Å². The van der Waals surface area contributed by atoms with Crippen molar-refractivity contribution in [3.05, 3.63) is 0 Å². The summed E-state index contributed by atoms with van der Waals surface area (Å²) in [5.41, 5.74) is 5.84. The highest BCUT2D eigenvalue weighted by Gasteiger charge is 2.60. The molecule has 2 rings (SSSR count). The number of hydrogen-bond acceptors (Lipinski definition) is 3. The zero-order valence-electron chi connectivity index (χ0n) is 12.4. The Hall–Kier alpha value is -0.570. The molecule has 0 aliphatic heterocycles. The van der Waals surface area contributed by atoms with Crippen LogP contribution in [0.5, 0.6) is 0 Å². The molecule has 2 saturated carbocycles. The Balaban J connectivity index is 2.25. The van der Waals surface area contributed by atoms with Crippen molar-refractivity contribution in [2.75, 3.05) is 0 Å². The standard InChI is InChI=1S/C15H27NO2/c1-13(2,3)18-12(17)11-14(4)6-7-15(11,5)9-10(16)8-14/h10-11H,6-9,16H2,1-5H3/t10?,11?,14-,15+. The molecule has 0 aromatic heterocycles. The number of hydrogen-bond donors (Lipinski definition) is 1. The fourth-order valence-electron chi connectivity index (χ4n) is 4.34. The molecular weight excluding hydrogens is 226 g/mol. The van der Waals surface area contributed by atoms with Crippen LogP contribution in [0.3, 0.4) is 0 Å². The van der Waals surface area contributed by atoms with Gasteiger partial charge in [-0.2, -0.15) is 0 Å². The van der Waals surface area contributed by atoms with Crippen LogP contribution >= 0.6 is 0 Å². The maximum absolute atomic E-state index is 12.5. The summed E-state index contributed by atoms with van der Waals surface area (Å²) in [5, 5.41) is 0. The zero-order valence-corrected chi connectivity index (χ0v) is 12.4. The quantitative estimate of drug-likeness (QED) is 0.731. The minimum absolute atomic E-state index is 0.0168. The van der Waals surface area contributed by atoms with Gasteiger partial charge in [0.2, 0.25) is 0 Å². The van der Waals surface area contributed by atoms with Crippen molar-refractivity contribution in [3.8, 4) is 0 Å². The minimum atomic E-state index is -0.400. The van der Waals surface area contributed by atoms with Crippen LogP contribution in [0, 0.1) is 16.7 Å². The average Bonchev–Trinajstić information content (AvgIpc) is 2.27. The van der Waals surface area contributed by atoms with Crippen molar-refractivity contribution in [1.82, 2.24) is 0 Å². The molecule has 3 nitrogen and oxygen atoms in total. The van der Waals surface area contributed by atoms with Crippen LogP contribution in [0.15, 0.2) is 0 Å². The number of nitrogens with two attached hydrogens (primary N) is 1. The highest BCUT2D eigenvalue weighted by atomic mass is 16.6. The third-order valence-electron chi connectivity index (χ3n) is 4.76. The van der Waals surface area contributed by atoms with Gasteiger partial charge in [-0.3, -0.25) is 4.79 Å². The lowest BCUT2D eigenvalue weighted by molar-refractivity contribution is -0.171. The van der Waals surface area contributed by atoms with Crippen molar-refractivity contribution < 1.29 is 9.53 Å². The fourth-order valence-corrected chi connectivity index (χ4v) is 4.34. The average molecular weight is 253 g/mol. The molecule has 0 aromatic carbocycles. The molecule has 2 aliphatic rings. The van der Waals surface area contributed by atoms with Gasteiger partial charge < -0.3 is 10.5 Å². The molecule has 4 atom stereocenters. The molecule has 2 aliphatic carbocycles. The third kappa shape index (κ3) is 2.29. The first-order chi connectivity index (χ1) is 8.06. The maximum Gasteiger partial charge on any atom is 0.310 e. The highest BCUT2D eigenvalue weighted by molar-refractivity contribution is 5.75. The Labute approximate surface area is 110 Å². The summed E-state index contributed by atoms with van der Waals surface area (Å²) in [6.45, 7) is 10.2. The van der Waals surface area contributed by atoms with E-state index in [-0.39, 0.29) is 28.8 Å². The van der Waals surface area contributed by atoms with E-state index in [1.807, 2.05) is 20.8 Å². The molecule has 3 heteroatoms. The topological polar surface area (TPSA) is 52.3 Å². The molecule has 0 radical (unpaired) electrons. The Morgan fingerprint density at radius 2 is 1.61 bits per heavy atom. The second-order valence-electron chi connectivity index (χ2n) is 7.94. The zero-order chi connectivity index (χ0) is 13.8. The Morgan fingerprint density at radius 3 is 2.00 bits per heavy atom. The molecule has 2 fully saturated rings. The van der Waals surface area contributed by atoms with Gasteiger partial charge in [0.05, 0.1) is 5.92 Å². The first kappa shape index (κ1) is 13.9. The number of ether oxygens (including phenoxy) is 1. The van der Waals surface area contributed by atoms with E-state index in [0.29, 0.717) is 0 Å². The Bertz CT molecular complexity index is 340. The fraction of sp³-hybridized carbons (Fsp3) is 0.933. The summed E-state index contributed by atoms with van der Waals surface area (Å²) in [4.78, 5) is 12.5. The molecule has 0 aromatic rings. The van der Waals surface area contributed by atoms with Crippen LogP contribution in [0.2, 0.25) is 0 Å². The second-order valence-corrected chi connectivity index (χ2v) is 7.94. The van der Waals surface area contributed by atoms with Gasteiger partial charge in [0, 0.05) is 6.04 Å². The van der Waals surface area contributed by atoms with Crippen LogP contribution < -0.4 is 5.73 Å². The van der Waals surface area contributed by atoms with E-state index in [0.717, 1.165) is 25.7 Å². The Morgan fingerprint density at radius 1 is 1.17 bits per heavy atom. The molecule has 0 spiro atoms. The number of esters is 1. The minimum Gasteiger partial charge on any atom is -0.460 e. The highest BCUT2D eigenvalue weighted by Crippen LogP contribution is 2.62. The smallest absolute Gasteiger partial charge is 0.310 e. The lowest BCUT2D eigenvalue weighted by Gasteiger charge is -2.46. The molecule has 2 bridgehead atoms. The first-order valence-electron chi connectivity index (χ1n) is 7.04. The van der Waals surface area contributed by atoms with Crippen molar-refractivity contribution >= 4 is 5.97 Å². The van der Waals surface area contributed by atoms with Crippen LogP contribution in [-0.2, 0) is 9.53 Å². The molecular formula is C15H27NO2. The van der Waals surface area contributed by atoms with Gasteiger partial charge in [-0.15, -0.1) is 0 Å². The summed E-state index contributed by atoms with van der Waals surface area (Å²) in [7, 11) is 0. The number of carbonyl (C=O) groups is 1. The molecule has 2 N–H and O–H groups in total. The van der Waals surface area contributed by atoms with E-state index in [1.54, 1.807) is 0 Å². The lowest BCUT2D eigenvalue weighted by atomic mass is 9.60.